The van der Waals surface area contributed by atoms with E-state index in [1.807, 2.05) is 28.9 Å². The van der Waals surface area contributed by atoms with Crippen LogP contribution in [0, 0.1) is 0 Å². The Labute approximate surface area is 196 Å². The maximum Gasteiger partial charge on any atom is 0.272 e. The van der Waals surface area contributed by atoms with Crippen LogP contribution in [0.25, 0.3) is 10.9 Å². The summed E-state index contributed by atoms with van der Waals surface area (Å²) in [6.07, 6.45) is 4.30. The van der Waals surface area contributed by atoms with E-state index in [1.54, 1.807) is 0 Å². The molecule has 2 bridgehead atoms. The SMILES string of the molecule is CC(C)n1nc(C(=O)NC2C[C@H]3CC[C@@H](C2)N3CCN2CCS(=O)(=O)CC2)c2ccccc21. The van der Waals surface area contributed by atoms with Gasteiger partial charge in [-0.2, -0.15) is 5.10 Å². The molecular formula is C24H35N5O3S. The van der Waals surface area contributed by atoms with Crippen molar-refractivity contribution in [2.45, 2.75) is 63.7 Å². The van der Waals surface area contributed by atoms with Gasteiger partial charge in [-0.25, -0.2) is 8.42 Å². The third-order valence-corrected chi connectivity index (χ3v) is 9.26. The number of benzene rings is 1. The third-order valence-electron chi connectivity index (χ3n) is 7.65. The molecule has 2 aromatic rings. The number of aromatic nitrogens is 2. The van der Waals surface area contributed by atoms with E-state index in [4.69, 9.17) is 0 Å². The first-order valence-electron chi connectivity index (χ1n) is 12.3. The fraction of sp³-hybridized carbons (Fsp3) is 0.667. The molecule has 1 unspecified atom stereocenters. The van der Waals surface area contributed by atoms with Crippen molar-refractivity contribution in [2.24, 2.45) is 0 Å². The molecule has 0 radical (unpaired) electrons. The van der Waals surface area contributed by atoms with Gasteiger partial charge in [-0.3, -0.25) is 14.4 Å². The lowest BCUT2D eigenvalue weighted by molar-refractivity contribution is 0.0810. The number of hydrogen-bond acceptors (Lipinski definition) is 6. The number of nitrogens with zero attached hydrogens (tertiary/aromatic N) is 4. The first kappa shape index (κ1) is 22.8. The van der Waals surface area contributed by atoms with E-state index in [-0.39, 0.29) is 29.5 Å². The van der Waals surface area contributed by atoms with Gasteiger partial charge in [0.1, 0.15) is 0 Å². The summed E-state index contributed by atoms with van der Waals surface area (Å²) in [7, 11) is -2.83. The summed E-state index contributed by atoms with van der Waals surface area (Å²) < 4.78 is 25.3. The summed E-state index contributed by atoms with van der Waals surface area (Å²) in [4.78, 5) is 18.1. The van der Waals surface area contributed by atoms with Crippen LogP contribution < -0.4 is 5.32 Å². The predicted molar refractivity (Wildman–Crippen MR) is 129 cm³/mol. The van der Waals surface area contributed by atoms with Gasteiger partial charge in [0.2, 0.25) is 0 Å². The van der Waals surface area contributed by atoms with Crippen molar-refractivity contribution in [1.82, 2.24) is 24.9 Å². The first-order valence-corrected chi connectivity index (χ1v) is 14.1. The molecule has 33 heavy (non-hydrogen) atoms. The van der Waals surface area contributed by atoms with E-state index in [0.717, 1.165) is 36.8 Å². The fourth-order valence-corrected chi connectivity index (χ4v) is 7.17. The number of hydrogen-bond donors (Lipinski definition) is 1. The van der Waals surface area contributed by atoms with Gasteiger partial charge >= 0.3 is 0 Å². The van der Waals surface area contributed by atoms with Gasteiger partial charge in [-0.15, -0.1) is 0 Å². The summed E-state index contributed by atoms with van der Waals surface area (Å²) in [6.45, 7) is 7.38. The Kier molecular flexibility index (Phi) is 6.22. The second-order valence-corrected chi connectivity index (χ2v) is 12.5. The Morgan fingerprint density at radius 2 is 1.76 bits per heavy atom. The number of amides is 1. The molecule has 3 aliphatic heterocycles. The van der Waals surface area contributed by atoms with Gasteiger partial charge in [0, 0.05) is 55.7 Å². The highest BCUT2D eigenvalue weighted by Gasteiger charge is 2.41. The molecule has 4 heterocycles. The Balaban J connectivity index is 1.20. The first-order chi connectivity index (χ1) is 15.8. The number of sulfone groups is 1. The second kappa shape index (κ2) is 9.00. The summed E-state index contributed by atoms with van der Waals surface area (Å²) in [6, 6.07) is 9.30. The molecule has 8 nitrogen and oxygen atoms in total. The summed E-state index contributed by atoms with van der Waals surface area (Å²) >= 11 is 0. The van der Waals surface area contributed by atoms with Gasteiger partial charge in [0.15, 0.2) is 15.5 Å². The van der Waals surface area contributed by atoms with E-state index in [0.29, 0.717) is 30.9 Å². The van der Waals surface area contributed by atoms with Crippen LogP contribution >= 0.6 is 0 Å². The summed E-state index contributed by atoms with van der Waals surface area (Å²) in [5.41, 5.74) is 1.52. The van der Waals surface area contributed by atoms with Gasteiger partial charge in [0.05, 0.1) is 17.0 Å². The van der Waals surface area contributed by atoms with E-state index >= 15 is 0 Å². The van der Waals surface area contributed by atoms with Crippen LogP contribution in [0.3, 0.4) is 0 Å². The lowest BCUT2D eigenvalue weighted by Gasteiger charge is -2.40. The molecular weight excluding hydrogens is 438 g/mol. The van der Waals surface area contributed by atoms with Crippen LogP contribution in [0.1, 0.15) is 56.1 Å². The Morgan fingerprint density at radius 1 is 1.09 bits per heavy atom. The van der Waals surface area contributed by atoms with Crippen molar-refractivity contribution < 1.29 is 13.2 Å². The lowest BCUT2D eigenvalue weighted by atomic mass is 9.97. The zero-order valence-corrected chi connectivity index (χ0v) is 20.4. The maximum absolute atomic E-state index is 13.2. The van der Waals surface area contributed by atoms with Crippen LogP contribution in [-0.2, 0) is 9.84 Å². The third kappa shape index (κ3) is 4.68. The largest absolute Gasteiger partial charge is 0.348 e. The topological polar surface area (TPSA) is 87.5 Å². The van der Waals surface area contributed by atoms with Crippen molar-refractivity contribution in [3.8, 4) is 0 Å². The normalized spacial score (nSPS) is 27.9. The average Bonchev–Trinajstić information content (AvgIpc) is 3.28. The van der Waals surface area contributed by atoms with Gasteiger partial charge in [-0.1, -0.05) is 18.2 Å². The number of carbonyl (C=O) groups is 1. The van der Waals surface area contributed by atoms with Gasteiger partial charge < -0.3 is 10.2 Å². The number of para-hydroxylation sites is 1. The Morgan fingerprint density at radius 3 is 2.42 bits per heavy atom. The maximum atomic E-state index is 13.2. The molecule has 1 aromatic carbocycles. The molecule has 3 saturated heterocycles. The molecule has 5 rings (SSSR count). The Hall–Kier alpha value is -1.97. The van der Waals surface area contributed by atoms with Crippen LogP contribution in [0.5, 0.6) is 0 Å². The monoisotopic (exact) mass is 473 g/mol. The molecule has 0 saturated carbocycles. The molecule has 0 spiro atoms. The molecule has 3 aliphatic rings. The van der Waals surface area contributed by atoms with Gasteiger partial charge in [-0.05, 0) is 45.6 Å². The van der Waals surface area contributed by atoms with Crippen molar-refractivity contribution in [3.63, 3.8) is 0 Å². The summed E-state index contributed by atoms with van der Waals surface area (Å²) in [5, 5.41) is 8.87. The minimum absolute atomic E-state index is 0.0713. The van der Waals surface area contributed by atoms with Crippen molar-refractivity contribution in [1.29, 1.82) is 0 Å². The average molecular weight is 474 g/mol. The molecule has 180 valence electrons. The predicted octanol–water partition coefficient (Wildman–Crippen LogP) is 2.07. The van der Waals surface area contributed by atoms with E-state index in [2.05, 4.69) is 34.1 Å². The number of nitrogens with one attached hydrogen (secondary N) is 1. The highest BCUT2D eigenvalue weighted by atomic mass is 32.2. The molecule has 1 amide bonds. The second-order valence-electron chi connectivity index (χ2n) is 10.2. The van der Waals surface area contributed by atoms with Crippen LogP contribution in [0.4, 0.5) is 0 Å². The van der Waals surface area contributed by atoms with E-state index in [1.165, 1.54) is 12.8 Å². The molecule has 0 aliphatic carbocycles. The van der Waals surface area contributed by atoms with Crippen molar-refractivity contribution in [3.05, 3.63) is 30.0 Å². The quantitative estimate of drug-likeness (QED) is 0.691. The van der Waals surface area contributed by atoms with Crippen LogP contribution in [-0.4, -0.2) is 89.7 Å². The zero-order valence-electron chi connectivity index (χ0n) is 19.6. The molecule has 1 N–H and O–H groups in total. The van der Waals surface area contributed by atoms with E-state index < -0.39 is 9.84 Å². The number of carbonyl (C=O) groups excluding carboxylic acids is 1. The smallest absolute Gasteiger partial charge is 0.272 e. The van der Waals surface area contributed by atoms with E-state index in [9.17, 15) is 13.2 Å². The van der Waals surface area contributed by atoms with Crippen molar-refractivity contribution in [2.75, 3.05) is 37.7 Å². The molecule has 3 atom stereocenters. The minimum atomic E-state index is -2.83. The molecule has 1 aromatic heterocycles. The highest BCUT2D eigenvalue weighted by Crippen LogP contribution is 2.35. The van der Waals surface area contributed by atoms with Crippen LogP contribution in [0.2, 0.25) is 0 Å². The molecule has 9 heteroatoms. The van der Waals surface area contributed by atoms with Crippen LogP contribution in [0.15, 0.2) is 24.3 Å². The lowest BCUT2D eigenvalue weighted by Crippen LogP contribution is -2.52. The number of piperidine rings is 1. The Bertz CT molecular complexity index is 1100. The highest BCUT2D eigenvalue weighted by molar-refractivity contribution is 7.91. The fourth-order valence-electron chi connectivity index (χ4n) is 5.89. The summed E-state index contributed by atoms with van der Waals surface area (Å²) in [5.74, 6) is 0.503. The standard InChI is InChI=1S/C24H35N5O3S/c1-17(2)29-22-6-4-3-5-21(22)23(26-29)24(30)25-18-15-19-7-8-20(16-18)28(19)10-9-27-11-13-33(31,32)14-12-27/h3-6,17-20H,7-16H2,1-2H3,(H,25,30)/t18?,19-,20+. The van der Waals surface area contributed by atoms with Crippen molar-refractivity contribution >= 4 is 26.6 Å². The van der Waals surface area contributed by atoms with Gasteiger partial charge in [0.25, 0.3) is 5.91 Å². The number of fused-ring (bicyclic) bond motifs is 3. The minimum Gasteiger partial charge on any atom is -0.348 e. The zero-order chi connectivity index (χ0) is 23.2. The molecule has 3 fully saturated rings. The number of rotatable bonds is 6.